The second-order valence-corrected chi connectivity index (χ2v) is 9.16. The third-order valence-electron chi connectivity index (χ3n) is 5.90. The normalized spacial score (nSPS) is 11.8. The smallest absolute Gasteiger partial charge is 0.230 e. The molecule has 0 bridgehead atoms. The van der Waals surface area contributed by atoms with Crippen molar-refractivity contribution in [3.05, 3.63) is 96.8 Å². The van der Waals surface area contributed by atoms with Crippen molar-refractivity contribution in [2.24, 2.45) is 0 Å². The van der Waals surface area contributed by atoms with Crippen LogP contribution in [0.2, 0.25) is 0 Å². The van der Waals surface area contributed by atoms with Crippen molar-refractivity contribution in [2.75, 3.05) is 12.9 Å². The highest BCUT2D eigenvalue weighted by molar-refractivity contribution is 7.99. The zero-order chi connectivity index (χ0) is 24.9. The van der Waals surface area contributed by atoms with Crippen LogP contribution in [0.4, 0.5) is 0 Å². The molecule has 0 radical (unpaired) electrons. The van der Waals surface area contributed by atoms with Gasteiger partial charge in [-0.1, -0.05) is 54.2 Å². The fourth-order valence-corrected chi connectivity index (χ4v) is 4.90. The number of hydrogen-bond acceptors (Lipinski definition) is 6. The van der Waals surface area contributed by atoms with E-state index >= 15 is 0 Å². The summed E-state index contributed by atoms with van der Waals surface area (Å²) in [7, 11) is 1.63. The summed E-state index contributed by atoms with van der Waals surface area (Å²) in [5, 5.41) is 14.9. The lowest BCUT2D eigenvalue weighted by molar-refractivity contribution is -0.119. The highest BCUT2D eigenvalue weighted by Crippen LogP contribution is 2.29. The molecular weight excluding hydrogens is 470 g/mol. The number of rotatable bonds is 8. The third kappa shape index (κ3) is 4.94. The summed E-state index contributed by atoms with van der Waals surface area (Å²) in [5.41, 5.74) is 2.85. The van der Waals surface area contributed by atoms with Crippen LogP contribution in [0.3, 0.4) is 0 Å². The van der Waals surface area contributed by atoms with E-state index in [0.29, 0.717) is 11.0 Å². The minimum Gasteiger partial charge on any atom is -0.497 e. The molecule has 3 aromatic carbocycles. The van der Waals surface area contributed by atoms with E-state index in [9.17, 15) is 4.79 Å². The fourth-order valence-electron chi connectivity index (χ4n) is 4.13. The Kier molecular flexibility index (Phi) is 6.95. The zero-order valence-electron chi connectivity index (χ0n) is 20.0. The lowest BCUT2D eigenvalue weighted by Crippen LogP contribution is -2.28. The van der Waals surface area contributed by atoms with Crippen molar-refractivity contribution in [2.45, 2.75) is 18.1 Å². The average Bonchev–Trinajstić information content (AvgIpc) is 3.36. The maximum Gasteiger partial charge on any atom is 0.230 e. The van der Waals surface area contributed by atoms with E-state index in [1.807, 2.05) is 66.1 Å². The molecule has 1 N–H and O–H groups in total. The summed E-state index contributed by atoms with van der Waals surface area (Å²) in [4.78, 5) is 17.0. The van der Waals surface area contributed by atoms with Gasteiger partial charge in [0.15, 0.2) is 11.0 Å². The predicted octanol–water partition coefficient (Wildman–Crippen LogP) is 5.46. The van der Waals surface area contributed by atoms with E-state index in [-0.39, 0.29) is 17.7 Å². The minimum atomic E-state index is -0.129. The minimum absolute atomic E-state index is 0.0739. The molecule has 7 nitrogen and oxygen atoms in total. The monoisotopic (exact) mass is 495 g/mol. The number of thioether (sulfide) groups is 1. The topological polar surface area (TPSA) is 81.9 Å². The molecule has 8 heteroatoms. The molecule has 1 amide bonds. The molecule has 0 spiro atoms. The number of aromatic nitrogens is 4. The number of hydrogen-bond donors (Lipinski definition) is 1. The second-order valence-electron chi connectivity index (χ2n) is 8.22. The Bertz CT molecular complexity index is 1480. The number of ether oxygens (including phenoxy) is 1. The standard InChI is InChI=1S/C28H25N5O2S/c1-19(24-9-5-7-20-6-3-4-8-25(20)24)30-26(34)18-36-28-32-31-27(21-14-16-29-17-15-21)33(28)22-10-12-23(35-2)13-11-22/h3-17,19H,18H2,1-2H3,(H,30,34). The SMILES string of the molecule is COc1ccc(-n2c(SCC(=O)NC(C)c3cccc4ccccc34)nnc2-c2ccncc2)cc1. The van der Waals surface area contributed by atoms with Crippen molar-refractivity contribution in [3.8, 4) is 22.8 Å². The Labute approximate surface area is 213 Å². The first-order chi connectivity index (χ1) is 17.6. The summed E-state index contributed by atoms with van der Waals surface area (Å²) in [5.74, 6) is 1.57. The van der Waals surface area contributed by atoms with E-state index in [4.69, 9.17) is 4.74 Å². The highest BCUT2D eigenvalue weighted by Gasteiger charge is 2.19. The van der Waals surface area contributed by atoms with Gasteiger partial charge in [0.2, 0.25) is 5.91 Å². The van der Waals surface area contributed by atoms with E-state index in [1.54, 1.807) is 19.5 Å². The molecule has 2 heterocycles. The van der Waals surface area contributed by atoms with Gasteiger partial charge in [0.05, 0.1) is 18.9 Å². The van der Waals surface area contributed by atoms with Gasteiger partial charge >= 0.3 is 0 Å². The summed E-state index contributed by atoms with van der Waals surface area (Å²) >= 11 is 1.35. The molecule has 0 aliphatic rings. The molecule has 36 heavy (non-hydrogen) atoms. The molecule has 180 valence electrons. The van der Waals surface area contributed by atoms with Crippen LogP contribution in [0.5, 0.6) is 5.75 Å². The van der Waals surface area contributed by atoms with E-state index in [0.717, 1.165) is 33.3 Å². The maximum absolute atomic E-state index is 12.9. The number of benzene rings is 3. The van der Waals surface area contributed by atoms with Crippen LogP contribution in [0.25, 0.3) is 27.8 Å². The quantitative estimate of drug-likeness (QED) is 0.288. The number of fused-ring (bicyclic) bond motifs is 1. The van der Waals surface area contributed by atoms with Crippen molar-refractivity contribution < 1.29 is 9.53 Å². The summed E-state index contributed by atoms with van der Waals surface area (Å²) in [6.45, 7) is 2.01. The van der Waals surface area contributed by atoms with Gasteiger partial charge in [0, 0.05) is 23.6 Å². The maximum atomic E-state index is 12.9. The highest BCUT2D eigenvalue weighted by atomic mass is 32.2. The lowest BCUT2D eigenvalue weighted by atomic mass is 10.00. The Balaban J connectivity index is 1.36. The van der Waals surface area contributed by atoms with Gasteiger partial charge in [0.25, 0.3) is 0 Å². The Morgan fingerprint density at radius 3 is 2.50 bits per heavy atom. The number of nitrogens with one attached hydrogen (secondary N) is 1. The predicted molar refractivity (Wildman–Crippen MR) is 142 cm³/mol. The summed E-state index contributed by atoms with van der Waals surface area (Å²) in [6.07, 6.45) is 3.44. The largest absolute Gasteiger partial charge is 0.497 e. The van der Waals surface area contributed by atoms with Gasteiger partial charge in [-0.15, -0.1) is 10.2 Å². The number of methoxy groups -OCH3 is 1. The van der Waals surface area contributed by atoms with Gasteiger partial charge in [-0.2, -0.15) is 0 Å². The van der Waals surface area contributed by atoms with Gasteiger partial charge in [-0.3, -0.25) is 14.3 Å². The Hall–Kier alpha value is -4.17. The van der Waals surface area contributed by atoms with Crippen LogP contribution in [0.1, 0.15) is 18.5 Å². The van der Waals surface area contributed by atoms with E-state index in [2.05, 4.69) is 44.8 Å². The number of nitrogens with zero attached hydrogens (tertiary/aromatic N) is 4. The number of pyridine rings is 1. The van der Waals surface area contributed by atoms with Crippen LogP contribution in [0.15, 0.2) is 96.4 Å². The zero-order valence-corrected chi connectivity index (χ0v) is 20.8. The molecule has 0 aliphatic carbocycles. The second kappa shape index (κ2) is 10.6. The number of carbonyl (C=O) groups is 1. The van der Waals surface area contributed by atoms with Crippen LogP contribution in [-0.4, -0.2) is 38.5 Å². The van der Waals surface area contributed by atoms with Gasteiger partial charge in [-0.25, -0.2) is 0 Å². The summed E-state index contributed by atoms with van der Waals surface area (Å²) in [6, 6.07) is 25.7. The molecule has 1 unspecified atom stereocenters. The van der Waals surface area contributed by atoms with E-state index < -0.39 is 0 Å². The molecule has 0 fully saturated rings. The van der Waals surface area contributed by atoms with Crippen molar-refractivity contribution in [1.29, 1.82) is 0 Å². The molecule has 1 atom stereocenters. The third-order valence-corrected chi connectivity index (χ3v) is 6.83. The number of amides is 1. The van der Waals surface area contributed by atoms with Crippen LogP contribution in [0, 0.1) is 0 Å². The van der Waals surface area contributed by atoms with E-state index in [1.165, 1.54) is 11.8 Å². The van der Waals surface area contributed by atoms with Gasteiger partial charge in [-0.05, 0) is 59.7 Å². The van der Waals surface area contributed by atoms with Gasteiger partial charge in [0.1, 0.15) is 5.75 Å². The van der Waals surface area contributed by atoms with Crippen molar-refractivity contribution >= 4 is 28.4 Å². The van der Waals surface area contributed by atoms with Crippen LogP contribution < -0.4 is 10.1 Å². The molecular formula is C28H25N5O2S. The number of carbonyl (C=O) groups excluding carboxylic acids is 1. The molecule has 5 rings (SSSR count). The first-order valence-electron chi connectivity index (χ1n) is 11.5. The van der Waals surface area contributed by atoms with Crippen molar-refractivity contribution in [3.63, 3.8) is 0 Å². The first kappa shape index (κ1) is 23.6. The fraction of sp³-hybridized carbons (Fsp3) is 0.143. The average molecular weight is 496 g/mol. The van der Waals surface area contributed by atoms with Crippen LogP contribution >= 0.6 is 11.8 Å². The molecule has 0 aliphatic heterocycles. The molecule has 0 saturated carbocycles. The lowest BCUT2D eigenvalue weighted by Gasteiger charge is -2.17. The van der Waals surface area contributed by atoms with Crippen molar-refractivity contribution in [1.82, 2.24) is 25.1 Å². The Morgan fingerprint density at radius 2 is 1.72 bits per heavy atom. The molecule has 5 aromatic rings. The molecule has 0 saturated heterocycles. The van der Waals surface area contributed by atoms with Gasteiger partial charge < -0.3 is 10.1 Å². The first-order valence-corrected chi connectivity index (χ1v) is 12.5. The Morgan fingerprint density at radius 1 is 0.972 bits per heavy atom. The molecule has 2 aromatic heterocycles. The van der Waals surface area contributed by atoms with Crippen LogP contribution in [-0.2, 0) is 4.79 Å². The summed E-state index contributed by atoms with van der Waals surface area (Å²) < 4.78 is 7.25.